The minimum absolute atomic E-state index is 0.0372. The molecule has 3 atom stereocenters. The summed E-state index contributed by atoms with van der Waals surface area (Å²) in [6, 6.07) is 17.2. The van der Waals surface area contributed by atoms with E-state index in [1.165, 1.54) is 4.90 Å². The van der Waals surface area contributed by atoms with Crippen molar-refractivity contribution in [2.75, 3.05) is 4.90 Å². The van der Waals surface area contributed by atoms with Crippen molar-refractivity contribution in [2.45, 2.75) is 32.8 Å². The summed E-state index contributed by atoms with van der Waals surface area (Å²) in [4.78, 5) is 26.9. The molecule has 0 N–H and O–H groups in total. The standard InChI is InChI=1S/C22H23NO3/c1-15-7-12-19-20(13-15)22(25)23(21(19)24)17-8-10-18(11-9-17)26-14-16-5-3-2-4-6-16/h2-6,8-11,15,19-20H,7,12-14H2,1H3/t15-,19+,20-/m1/s1. The lowest BCUT2D eigenvalue weighted by atomic mass is 9.76. The number of imide groups is 1. The lowest BCUT2D eigenvalue weighted by molar-refractivity contribution is -0.122. The summed E-state index contributed by atoms with van der Waals surface area (Å²) in [5.74, 6) is 0.895. The van der Waals surface area contributed by atoms with Gasteiger partial charge in [0.25, 0.3) is 0 Å². The summed E-state index contributed by atoms with van der Waals surface area (Å²) < 4.78 is 5.78. The van der Waals surface area contributed by atoms with E-state index in [0.29, 0.717) is 18.2 Å². The Morgan fingerprint density at radius 1 is 0.923 bits per heavy atom. The zero-order valence-corrected chi connectivity index (χ0v) is 14.9. The third-order valence-electron chi connectivity index (χ3n) is 5.53. The largest absolute Gasteiger partial charge is 0.489 e. The average molecular weight is 349 g/mol. The van der Waals surface area contributed by atoms with E-state index in [2.05, 4.69) is 6.92 Å². The number of carbonyl (C=O) groups is 2. The number of hydrogen-bond acceptors (Lipinski definition) is 3. The molecule has 2 fully saturated rings. The van der Waals surface area contributed by atoms with E-state index >= 15 is 0 Å². The summed E-state index contributed by atoms with van der Waals surface area (Å²) >= 11 is 0. The van der Waals surface area contributed by atoms with Gasteiger partial charge in [-0.15, -0.1) is 0 Å². The summed E-state index contributed by atoms with van der Waals surface area (Å²) in [5, 5.41) is 0. The van der Waals surface area contributed by atoms with E-state index in [4.69, 9.17) is 4.74 Å². The van der Waals surface area contributed by atoms with Crippen molar-refractivity contribution in [1.29, 1.82) is 0 Å². The number of fused-ring (bicyclic) bond motifs is 1. The van der Waals surface area contributed by atoms with Gasteiger partial charge in [0.15, 0.2) is 0 Å². The second kappa shape index (κ2) is 6.94. The van der Waals surface area contributed by atoms with E-state index in [-0.39, 0.29) is 23.7 Å². The Morgan fingerprint density at radius 3 is 2.35 bits per heavy atom. The van der Waals surface area contributed by atoms with Crippen LogP contribution in [0.3, 0.4) is 0 Å². The van der Waals surface area contributed by atoms with Crippen molar-refractivity contribution in [1.82, 2.24) is 0 Å². The molecule has 1 saturated heterocycles. The highest BCUT2D eigenvalue weighted by Crippen LogP contribution is 2.42. The molecule has 4 nitrogen and oxygen atoms in total. The Kier molecular flexibility index (Phi) is 4.49. The summed E-state index contributed by atoms with van der Waals surface area (Å²) in [5.41, 5.74) is 1.74. The number of nitrogens with zero attached hydrogens (tertiary/aromatic N) is 1. The predicted octanol–water partition coefficient (Wildman–Crippen LogP) is 4.19. The summed E-state index contributed by atoms with van der Waals surface area (Å²) in [7, 11) is 0. The Balaban J connectivity index is 1.46. The molecule has 2 aliphatic rings. The molecule has 1 saturated carbocycles. The molecule has 1 heterocycles. The Labute approximate surface area is 153 Å². The molecular formula is C22H23NO3. The number of anilines is 1. The maximum atomic E-state index is 12.8. The van der Waals surface area contributed by atoms with Gasteiger partial charge >= 0.3 is 0 Å². The number of carbonyl (C=O) groups excluding carboxylic acids is 2. The Bertz CT molecular complexity index is 800. The van der Waals surface area contributed by atoms with Crippen molar-refractivity contribution in [2.24, 2.45) is 17.8 Å². The number of rotatable bonds is 4. The molecule has 134 valence electrons. The maximum Gasteiger partial charge on any atom is 0.237 e. The van der Waals surface area contributed by atoms with Gasteiger partial charge in [-0.05, 0) is 55.0 Å². The van der Waals surface area contributed by atoms with Crippen LogP contribution in [0.25, 0.3) is 0 Å². The summed E-state index contributed by atoms with van der Waals surface area (Å²) in [6.07, 6.45) is 2.68. The zero-order valence-electron chi connectivity index (χ0n) is 14.9. The minimum atomic E-state index is -0.139. The van der Waals surface area contributed by atoms with Crippen LogP contribution in [0.15, 0.2) is 54.6 Å². The van der Waals surface area contributed by atoms with Crippen LogP contribution < -0.4 is 9.64 Å². The molecule has 0 radical (unpaired) electrons. The lowest BCUT2D eigenvalue weighted by Gasteiger charge is -2.25. The highest BCUT2D eigenvalue weighted by Gasteiger charge is 2.49. The molecule has 0 bridgehead atoms. The van der Waals surface area contributed by atoms with Gasteiger partial charge in [-0.3, -0.25) is 14.5 Å². The number of hydrogen-bond donors (Lipinski definition) is 0. The zero-order chi connectivity index (χ0) is 18.1. The minimum Gasteiger partial charge on any atom is -0.489 e. The average Bonchev–Trinajstić information content (AvgIpc) is 2.91. The normalized spacial score (nSPS) is 25.3. The van der Waals surface area contributed by atoms with Crippen LogP contribution in [-0.2, 0) is 16.2 Å². The molecule has 26 heavy (non-hydrogen) atoms. The fourth-order valence-electron chi connectivity index (χ4n) is 4.08. The second-order valence-corrected chi connectivity index (χ2v) is 7.41. The van der Waals surface area contributed by atoms with Gasteiger partial charge in [0.1, 0.15) is 12.4 Å². The van der Waals surface area contributed by atoms with Crippen LogP contribution in [0.5, 0.6) is 5.75 Å². The molecule has 2 aromatic rings. The predicted molar refractivity (Wildman–Crippen MR) is 99.7 cm³/mol. The molecule has 0 aromatic heterocycles. The number of ether oxygens (including phenoxy) is 1. The third-order valence-corrected chi connectivity index (χ3v) is 5.53. The Hall–Kier alpha value is -2.62. The smallest absolute Gasteiger partial charge is 0.237 e. The van der Waals surface area contributed by atoms with Crippen molar-refractivity contribution >= 4 is 17.5 Å². The van der Waals surface area contributed by atoms with Gasteiger partial charge in [0.2, 0.25) is 11.8 Å². The fourth-order valence-corrected chi connectivity index (χ4v) is 4.08. The second-order valence-electron chi connectivity index (χ2n) is 7.41. The van der Waals surface area contributed by atoms with Gasteiger partial charge < -0.3 is 4.74 Å². The van der Waals surface area contributed by atoms with Gasteiger partial charge in [-0.2, -0.15) is 0 Å². The van der Waals surface area contributed by atoms with Gasteiger partial charge in [-0.1, -0.05) is 37.3 Å². The quantitative estimate of drug-likeness (QED) is 0.778. The summed E-state index contributed by atoms with van der Waals surface area (Å²) in [6.45, 7) is 2.65. The van der Waals surface area contributed by atoms with Crippen LogP contribution in [0.2, 0.25) is 0 Å². The fraction of sp³-hybridized carbons (Fsp3) is 0.364. The first-order valence-electron chi connectivity index (χ1n) is 9.28. The molecular weight excluding hydrogens is 326 g/mol. The first kappa shape index (κ1) is 16.8. The van der Waals surface area contributed by atoms with Crippen LogP contribution in [0.4, 0.5) is 5.69 Å². The van der Waals surface area contributed by atoms with Crippen LogP contribution in [0, 0.1) is 17.8 Å². The first-order chi connectivity index (χ1) is 12.6. The first-order valence-corrected chi connectivity index (χ1v) is 9.28. The highest BCUT2D eigenvalue weighted by molar-refractivity contribution is 6.22. The lowest BCUT2D eigenvalue weighted by Crippen LogP contribution is -2.30. The van der Waals surface area contributed by atoms with Crippen molar-refractivity contribution in [3.05, 3.63) is 60.2 Å². The molecule has 1 aliphatic heterocycles. The topological polar surface area (TPSA) is 46.6 Å². The van der Waals surface area contributed by atoms with Crippen molar-refractivity contribution in [3.8, 4) is 5.75 Å². The van der Waals surface area contributed by atoms with Crippen LogP contribution >= 0.6 is 0 Å². The van der Waals surface area contributed by atoms with Gasteiger partial charge in [-0.25, -0.2) is 0 Å². The van der Waals surface area contributed by atoms with E-state index < -0.39 is 0 Å². The van der Waals surface area contributed by atoms with E-state index in [1.54, 1.807) is 12.1 Å². The maximum absolute atomic E-state index is 12.8. The highest BCUT2D eigenvalue weighted by atomic mass is 16.5. The molecule has 2 amide bonds. The van der Waals surface area contributed by atoms with Crippen molar-refractivity contribution < 1.29 is 14.3 Å². The van der Waals surface area contributed by atoms with Gasteiger partial charge in [0.05, 0.1) is 17.5 Å². The number of amides is 2. The van der Waals surface area contributed by atoms with Crippen LogP contribution in [-0.4, -0.2) is 11.8 Å². The van der Waals surface area contributed by atoms with Crippen LogP contribution in [0.1, 0.15) is 31.7 Å². The Morgan fingerprint density at radius 2 is 1.62 bits per heavy atom. The molecule has 0 unspecified atom stereocenters. The van der Waals surface area contributed by atoms with Crippen molar-refractivity contribution in [3.63, 3.8) is 0 Å². The van der Waals surface area contributed by atoms with E-state index in [9.17, 15) is 9.59 Å². The molecule has 4 heteroatoms. The molecule has 4 rings (SSSR count). The van der Waals surface area contributed by atoms with E-state index in [1.807, 2.05) is 42.5 Å². The van der Waals surface area contributed by atoms with E-state index in [0.717, 1.165) is 30.6 Å². The van der Waals surface area contributed by atoms with Gasteiger partial charge in [0, 0.05) is 0 Å². The number of benzene rings is 2. The molecule has 1 aliphatic carbocycles. The SMILES string of the molecule is C[C@@H]1CC[C@@H]2C(=O)N(c3ccc(OCc4ccccc4)cc3)C(=O)[C@@H]2C1. The molecule has 0 spiro atoms. The monoisotopic (exact) mass is 349 g/mol. The third kappa shape index (κ3) is 3.12. The molecule has 2 aromatic carbocycles.